The summed E-state index contributed by atoms with van der Waals surface area (Å²) in [6.07, 6.45) is 0.766. The number of fused-ring (bicyclic) bond motifs is 1. The van der Waals surface area contributed by atoms with Gasteiger partial charge < -0.3 is 24.0 Å². The van der Waals surface area contributed by atoms with E-state index in [1.807, 2.05) is 24.0 Å². The molecule has 1 aromatic carbocycles. The Kier molecular flexibility index (Phi) is 5.53. The zero-order valence-electron chi connectivity index (χ0n) is 17.1. The van der Waals surface area contributed by atoms with E-state index in [-0.39, 0.29) is 5.91 Å². The van der Waals surface area contributed by atoms with Gasteiger partial charge in [0.1, 0.15) is 17.3 Å². The molecule has 0 atom stereocenters. The van der Waals surface area contributed by atoms with Crippen LogP contribution in [-0.4, -0.2) is 67.8 Å². The summed E-state index contributed by atoms with van der Waals surface area (Å²) in [5.41, 5.74) is 2.68. The maximum Gasteiger partial charge on any atom is 0.272 e. The lowest BCUT2D eigenvalue weighted by Gasteiger charge is -2.30. The van der Waals surface area contributed by atoms with E-state index in [1.165, 1.54) is 5.56 Å². The highest BCUT2D eigenvalue weighted by Gasteiger charge is 2.26. The number of morpholine rings is 1. The fourth-order valence-electron chi connectivity index (χ4n) is 3.83. The summed E-state index contributed by atoms with van der Waals surface area (Å²) in [4.78, 5) is 26.1. The third-order valence-corrected chi connectivity index (χ3v) is 5.38. The number of anilines is 1. The van der Waals surface area contributed by atoms with E-state index in [9.17, 15) is 4.79 Å². The Balaban J connectivity index is 1.57. The average Bonchev–Trinajstić information content (AvgIpc) is 2.77. The van der Waals surface area contributed by atoms with Gasteiger partial charge in [0, 0.05) is 32.2 Å². The summed E-state index contributed by atoms with van der Waals surface area (Å²) < 4.78 is 16.2. The third kappa shape index (κ3) is 3.98. The lowest BCUT2D eigenvalue weighted by Crippen LogP contribution is -2.38. The Morgan fingerprint density at radius 3 is 2.38 bits per heavy atom. The van der Waals surface area contributed by atoms with Gasteiger partial charge in [0.05, 0.1) is 27.4 Å². The molecule has 1 amide bonds. The number of aromatic nitrogens is 2. The predicted octanol–water partition coefficient (Wildman–Crippen LogP) is 1.84. The molecule has 0 aliphatic carbocycles. The van der Waals surface area contributed by atoms with Crippen molar-refractivity contribution in [1.29, 1.82) is 0 Å². The van der Waals surface area contributed by atoms with Crippen molar-refractivity contribution < 1.29 is 19.0 Å². The number of carbonyl (C=O) groups is 1. The second-order valence-electron chi connectivity index (χ2n) is 7.21. The standard InChI is InChI=1S/C21H26N4O4/c1-14-22-17(12-20(23-14)24-6-8-29-9-7-24)21(26)25-5-4-15-10-18(27-2)19(28-3)11-16(15)13-25/h10-12H,4-9,13H2,1-3H3. The molecule has 1 fully saturated rings. The van der Waals surface area contributed by atoms with Gasteiger partial charge in [-0.15, -0.1) is 0 Å². The average molecular weight is 398 g/mol. The van der Waals surface area contributed by atoms with Crippen LogP contribution >= 0.6 is 0 Å². The first kappa shape index (κ1) is 19.4. The van der Waals surface area contributed by atoms with Crippen molar-refractivity contribution in [1.82, 2.24) is 14.9 Å². The SMILES string of the molecule is COc1cc2c(cc1OC)CN(C(=O)c1cc(N3CCOCC3)nc(C)n1)CC2. The highest BCUT2D eigenvalue weighted by Crippen LogP contribution is 2.33. The molecule has 0 radical (unpaired) electrons. The highest BCUT2D eigenvalue weighted by molar-refractivity contribution is 5.93. The molecule has 3 heterocycles. The van der Waals surface area contributed by atoms with Gasteiger partial charge in [-0.2, -0.15) is 0 Å². The van der Waals surface area contributed by atoms with Crippen LogP contribution in [-0.2, 0) is 17.7 Å². The van der Waals surface area contributed by atoms with Crippen LogP contribution in [0.5, 0.6) is 11.5 Å². The van der Waals surface area contributed by atoms with Gasteiger partial charge >= 0.3 is 0 Å². The molecule has 2 aromatic rings. The fourth-order valence-corrected chi connectivity index (χ4v) is 3.83. The predicted molar refractivity (Wildman–Crippen MR) is 108 cm³/mol. The lowest BCUT2D eigenvalue weighted by molar-refractivity contribution is 0.0728. The number of hydrogen-bond donors (Lipinski definition) is 0. The number of amides is 1. The maximum atomic E-state index is 13.2. The van der Waals surface area contributed by atoms with Gasteiger partial charge in [0.15, 0.2) is 11.5 Å². The molecule has 0 spiro atoms. The molecule has 0 bridgehead atoms. The molecular weight excluding hydrogens is 372 g/mol. The first-order chi connectivity index (χ1) is 14.1. The van der Waals surface area contributed by atoms with Crippen LogP contribution in [0.1, 0.15) is 27.4 Å². The van der Waals surface area contributed by atoms with Crippen LogP contribution in [0.15, 0.2) is 18.2 Å². The lowest BCUT2D eigenvalue weighted by atomic mass is 9.98. The number of ether oxygens (including phenoxy) is 3. The van der Waals surface area contributed by atoms with Gasteiger partial charge in [-0.05, 0) is 36.6 Å². The summed E-state index contributed by atoms with van der Waals surface area (Å²) in [5, 5.41) is 0. The quantitative estimate of drug-likeness (QED) is 0.778. The van der Waals surface area contributed by atoms with E-state index in [0.717, 1.165) is 30.9 Å². The Labute approximate surface area is 170 Å². The smallest absolute Gasteiger partial charge is 0.272 e. The normalized spacial score (nSPS) is 16.4. The van der Waals surface area contributed by atoms with Crippen molar-refractivity contribution >= 4 is 11.7 Å². The molecule has 2 aliphatic heterocycles. The van der Waals surface area contributed by atoms with Crippen LogP contribution in [0.3, 0.4) is 0 Å². The Bertz CT molecular complexity index is 912. The second kappa shape index (κ2) is 8.24. The molecule has 8 nitrogen and oxygen atoms in total. The van der Waals surface area contributed by atoms with Gasteiger partial charge in [-0.1, -0.05) is 0 Å². The molecule has 4 rings (SSSR count). The van der Waals surface area contributed by atoms with Gasteiger partial charge in [0.2, 0.25) is 0 Å². The van der Waals surface area contributed by atoms with E-state index in [1.54, 1.807) is 20.3 Å². The summed E-state index contributed by atoms with van der Waals surface area (Å²) in [6.45, 7) is 5.84. The van der Waals surface area contributed by atoms with Crippen LogP contribution < -0.4 is 14.4 Å². The summed E-state index contributed by atoms with van der Waals surface area (Å²) in [5.74, 6) is 2.69. The minimum absolute atomic E-state index is 0.0783. The number of carbonyl (C=O) groups excluding carboxylic acids is 1. The van der Waals surface area contributed by atoms with Gasteiger partial charge in [0.25, 0.3) is 5.91 Å². The first-order valence-electron chi connectivity index (χ1n) is 9.80. The van der Waals surface area contributed by atoms with Crippen molar-refractivity contribution in [2.24, 2.45) is 0 Å². The van der Waals surface area contributed by atoms with Crippen molar-refractivity contribution in [3.05, 3.63) is 40.8 Å². The minimum atomic E-state index is -0.0783. The van der Waals surface area contributed by atoms with Crippen LogP contribution in [0, 0.1) is 6.92 Å². The molecule has 0 saturated carbocycles. The van der Waals surface area contributed by atoms with Gasteiger partial charge in [-0.25, -0.2) is 9.97 Å². The third-order valence-electron chi connectivity index (χ3n) is 5.38. The van der Waals surface area contributed by atoms with E-state index < -0.39 is 0 Å². The summed E-state index contributed by atoms with van der Waals surface area (Å²) in [6, 6.07) is 5.75. The van der Waals surface area contributed by atoms with Crippen LogP contribution in [0.4, 0.5) is 5.82 Å². The number of hydrogen-bond acceptors (Lipinski definition) is 7. The fraction of sp³-hybridized carbons (Fsp3) is 0.476. The van der Waals surface area contributed by atoms with E-state index in [4.69, 9.17) is 14.2 Å². The highest BCUT2D eigenvalue weighted by atomic mass is 16.5. The second-order valence-corrected chi connectivity index (χ2v) is 7.21. The van der Waals surface area contributed by atoms with E-state index in [2.05, 4.69) is 14.9 Å². The molecular formula is C21H26N4O4. The Hall–Kier alpha value is -2.87. The van der Waals surface area contributed by atoms with Crippen molar-refractivity contribution in [2.75, 3.05) is 52.0 Å². The molecule has 0 N–H and O–H groups in total. The van der Waals surface area contributed by atoms with Crippen molar-refractivity contribution in [2.45, 2.75) is 19.9 Å². The number of benzene rings is 1. The van der Waals surface area contributed by atoms with E-state index in [0.29, 0.717) is 49.3 Å². The summed E-state index contributed by atoms with van der Waals surface area (Å²) in [7, 11) is 3.25. The Morgan fingerprint density at radius 1 is 1.00 bits per heavy atom. The number of rotatable bonds is 4. The number of aryl methyl sites for hydroxylation is 1. The summed E-state index contributed by atoms with van der Waals surface area (Å²) >= 11 is 0. The zero-order valence-corrected chi connectivity index (χ0v) is 17.1. The zero-order chi connectivity index (χ0) is 20.4. The van der Waals surface area contributed by atoms with Crippen molar-refractivity contribution in [3.8, 4) is 11.5 Å². The number of nitrogens with zero attached hydrogens (tertiary/aromatic N) is 4. The minimum Gasteiger partial charge on any atom is -0.493 e. The monoisotopic (exact) mass is 398 g/mol. The van der Waals surface area contributed by atoms with Crippen LogP contribution in [0.2, 0.25) is 0 Å². The van der Waals surface area contributed by atoms with Gasteiger partial charge in [-0.3, -0.25) is 4.79 Å². The number of methoxy groups -OCH3 is 2. The molecule has 0 unspecified atom stereocenters. The first-order valence-corrected chi connectivity index (χ1v) is 9.80. The molecule has 1 saturated heterocycles. The molecule has 2 aliphatic rings. The Morgan fingerprint density at radius 2 is 1.69 bits per heavy atom. The molecule has 154 valence electrons. The molecule has 1 aromatic heterocycles. The topological polar surface area (TPSA) is 77.0 Å². The maximum absolute atomic E-state index is 13.2. The molecule has 29 heavy (non-hydrogen) atoms. The largest absolute Gasteiger partial charge is 0.493 e. The van der Waals surface area contributed by atoms with E-state index >= 15 is 0 Å². The van der Waals surface area contributed by atoms with Crippen molar-refractivity contribution in [3.63, 3.8) is 0 Å². The molecule has 8 heteroatoms. The van der Waals surface area contributed by atoms with Crippen LogP contribution in [0.25, 0.3) is 0 Å².